The number of imidazole rings is 1. The minimum atomic E-state index is -0.0769. The van der Waals surface area contributed by atoms with E-state index in [9.17, 15) is 5.11 Å². The number of thiazole rings is 1. The zero-order valence-corrected chi connectivity index (χ0v) is 11.1. The number of benzene rings is 1. The summed E-state index contributed by atoms with van der Waals surface area (Å²) in [5.74, 6) is 0.664. The first-order valence-electron chi connectivity index (χ1n) is 6.02. The number of nitrogen functional groups attached to an aromatic ring is 1. The number of hydrogen-bond donors (Lipinski definition) is 2. The van der Waals surface area contributed by atoms with E-state index >= 15 is 0 Å². The van der Waals surface area contributed by atoms with E-state index in [1.165, 1.54) is 0 Å². The Hall–Kier alpha value is -1.92. The first kappa shape index (κ1) is 12.1. The van der Waals surface area contributed by atoms with Crippen LogP contribution in [0.2, 0.25) is 0 Å². The maximum atomic E-state index is 9.42. The summed E-state index contributed by atoms with van der Waals surface area (Å²) in [6.07, 6.45) is 2.64. The molecule has 2 heterocycles. The standard InChI is InChI=1S/C13H14N4OS/c14-9-1-2-11-10(7-9)16-12(8-18)17(11)5-3-13-15-4-6-19-13/h1-2,4,6-7,18H,3,5,8,14H2. The molecule has 0 fully saturated rings. The van der Waals surface area contributed by atoms with Gasteiger partial charge in [0, 0.05) is 30.2 Å². The molecule has 0 radical (unpaired) electrons. The van der Waals surface area contributed by atoms with Gasteiger partial charge in [0.1, 0.15) is 12.4 Å². The van der Waals surface area contributed by atoms with Crippen LogP contribution in [0, 0.1) is 0 Å². The van der Waals surface area contributed by atoms with Crippen molar-refractivity contribution in [2.24, 2.45) is 0 Å². The fraction of sp³-hybridized carbons (Fsp3) is 0.231. The maximum Gasteiger partial charge on any atom is 0.135 e. The van der Waals surface area contributed by atoms with E-state index in [2.05, 4.69) is 9.97 Å². The number of fused-ring (bicyclic) bond motifs is 1. The third-order valence-corrected chi connectivity index (χ3v) is 3.86. The van der Waals surface area contributed by atoms with Gasteiger partial charge in [-0.05, 0) is 18.2 Å². The Kier molecular flexibility index (Phi) is 3.18. The van der Waals surface area contributed by atoms with E-state index in [-0.39, 0.29) is 6.61 Å². The van der Waals surface area contributed by atoms with Crippen LogP contribution in [-0.2, 0) is 19.6 Å². The molecule has 0 saturated heterocycles. The van der Waals surface area contributed by atoms with Gasteiger partial charge in [-0.2, -0.15) is 0 Å². The maximum absolute atomic E-state index is 9.42. The lowest BCUT2D eigenvalue weighted by Crippen LogP contribution is -2.06. The van der Waals surface area contributed by atoms with Crippen molar-refractivity contribution in [1.29, 1.82) is 0 Å². The molecule has 0 unspecified atom stereocenters. The molecule has 19 heavy (non-hydrogen) atoms. The van der Waals surface area contributed by atoms with Crippen LogP contribution in [0.4, 0.5) is 5.69 Å². The van der Waals surface area contributed by atoms with Gasteiger partial charge < -0.3 is 15.4 Å². The van der Waals surface area contributed by atoms with Crippen LogP contribution < -0.4 is 5.73 Å². The zero-order valence-electron chi connectivity index (χ0n) is 10.3. The fourth-order valence-corrected chi connectivity index (χ4v) is 2.76. The molecule has 1 aromatic carbocycles. The van der Waals surface area contributed by atoms with Gasteiger partial charge in [0.25, 0.3) is 0 Å². The van der Waals surface area contributed by atoms with Gasteiger partial charge in [-0.15, -0.1) is 11.3 Å². The van der Waals surface area contributed by atoms with E-state index in [0.29, 0.717) is 11.5 Å². The molecule has 2 aromatic heterocycles. The van der Waals surface area contributed by atoms with Crippen LogP contribution in [0.3, 0.4) is 0 Å². The topological polar surface area (TPSA) is 77.0 Å². The molecule has 5 nitrogen and oxygen atoms in total. The van der Waals surface area contributed by atoms with Crippen molar-refractivity contribution in [3.05, 3.63) is 40.6 Å². The molecule has 3 N–H and O–H groups in total. The number of hydrogen-bond acceptors (Lipinski definition) is 5. The van der Waals surface area contributed by atoms with E-state index in [1.807, 2.05) is 28.1 Å². The largest absolute Gasteiger partial charge is 0.399 e. The third-order valence-electron chi connectivity index (χ3n) is 3.03. The Bertz CT molecular complexity index is 690. The Balaban J connectivity index is 1.96. The van der Waals surface area contributed by atoms with E-state index in [1.54, 1.807) is 17.5 Å². The van der Waals surface area contributed by atoms with Crippen LogP contribution in [0.25, 0.3) is 11.0 Å². The van der Waals surface area contributed by atoms with E-state index in [0.717, 1.165) is 29.0 Å². The van der Waals surface area contributed by atoms with Gasteiger partial charge in [-0.1, -0.05) is 0 Å². The fourth-order valence-electron chi connectivity index (χ4n) is 2.15. The lowest BCUT2D eigenvalue weighted by Gasteiger charge is -2.06. The summed E-state index contributed by atoms with van der Waals surface area (Å²) >= 11 is 1.64. The summed E-state index contributed by atoms with van der Waals surface area (Å²) in [6.45, 7) is 0.677. The second-order valence-electron chi connectivity index (χ2n) is 4.26. The third kappa shape index (κ3) is 2.32. The van der Waals surface area contributed by atoms with Crippen molar-refractivity contribution < 1.29 is 5.11 Å². The van der Waals surface area contributed by atoms with Gasteiger partial charge in [-0.3, -0.25) is 0 Å². The molecular formula is C13H14N4OS. The highest BCUT2D eigenvalue weighted by Crippen LogP contribution is 2.20. The predicted molar refractivity (Wildman–Crippen MR) is 75.9 cm³/mol. The van der Waals surface area contributed by atoms with Crippen molar-refractivity contribution in [3.63, 3.8) is 0 Å². The van der Waals surface area contributed by atoms with Crippen LogP contribution in [-0.4, -0.2) is 19.6 Å². The second kappa shape index (κ2) is 4.99. The molecule has 98 valence electrons. The average Bonchev–Trinajstić information content (AvgIpc) is 3.02. The molecule has 0 saturated carbocycles. The summed E-state index contributed by atoms with van der Waals surface area (Å²) in [5.41, 5.74) is 8.26. The zero-order chi connectivity index (χ0) is 13.2. The van der Waals surface area contributed by atoms with E-state index < -0.39 is 0 Å². The first-order valence-corrected chi connectivity index (χ1v) is 6.90. The Labute approximate surface area is 114 Å². The molecule has 0 bridgehead atoms. The summed E-state index contributed by atoms with van der Waals surface area (Å²) < 4.78 is 2.02. The SMILES string of the molecule is Nc1ccc2c(c1)nc(CO)n2CCc1nccs1. The average molecular weight is 274 g/mol. The van der Waals surface area contributed by atoms with Gasteiger partial charge in [0.2, 0.25) is 0 Å². The van der Waals surface area contributed by atoms with Gasteiger partial charge >= 0.3 is 0 Å². The van der Waals surface area contributed by atoms with Gasteiger partial charge in [-0.25, -0.2) is 9.97 Å². The molecule has 0 aliphatic carbocycles. The number of nitrogens with zero attached hydrogens (tertiary/aromatic N) is 3. The highest BCUT2D eigenvalue weighted by molar-refractivity contribution is 7.09. The number of rotatable bonds is 4. The molecule has 3 rings (SSSR count). The summed E-state index contributed by atoms with van der Waals surface area (Å²) in [5, 5.41) is 12.5. The van der Waals surface area contributed by atoms with Crippen molar-refractivity contribution >= 4 is 28.1 Å². The number of aliphatic hydroxyl groups excluding tert-OH is 1. The first-order chi connectivity index (χ1) is 9.28. The van der Waals surface area contributed by atoms with Crippen LogP contribution in [0.5, 0.6) is 0 Å². The smallest absolute Gasteiger partial charge is 0.135 e. The van der Waals surface area contributed by atoms with Gasteiger partial charge in [0.15, 0.2) is 0 Å². The summed E-state index contributed by atoms with van der Waals surface area (Å²) in [7, 11) is 0. The summed E-state index contributed by atoms with van der Waals surface area (Å²) in [4.78, 5) is 8.68. The highest BCUT2D eigenvalue weighted by Gasteiger charge is 2.10. The number of aliphatic hydroxyl groups is 1. The minimum absolute atomic E-state index is 0.0769. The highest BCUT2D eigenvalue weighted by atomic mass is 32.1. The Morgan fingerprint density at radius 1 is 1.37 bits per heavy atom. The molecule has 0 spiro atoms. The molecule has 0 atom stereocenters. The van der Waals surface area contributed by atoms with Crippen molar-refractivity contribution in [2.45, 2.75) is 19.6 Å². The Morgan fingerprint density at radius 3 is 3.00 bits per heavy atom. The van der Waals surface area contributed by atoms with Crippen LogP contribution in [0.15, 0.2) is 29.8 Å². The second-order valence-corrected chi connectivity index (χ2v) is 5.24. The number of nitrogens with two attached hydrogens (primary N) is 1. The number of anilines is 1. The predicted octanol–water partition coefficient (Wildman–Crippen LogP) is 1.81. The summed E-state index contributed by atoms with van der Waals surface area (Å²) in [6, 6.07) is 5.62. The molecule has 0 aliphatic rings. The van der Waals surface area contributed by atoms with E-state index in [4.69, 9.17) is 5.73 Å². The van der Waals surface area contributed by atoms with Crippen molar-refractivity contribution in [1.82, 2.24) is 14.5 Å². The lowest BCUT2D eigenvalue weighted by molar-refractivity contribution is 0.266. The molecular weight excluding hydrogens is 260 g/mol. The molecule has 0 aliphatic heterocycles. The van der Waals surface area contributed by atoms with Crippen molar-refractivity contribution in [2.75, 3.05) is 5.73 Å². The monoisotopic (exact) mass is 274 g/mol. The number of aromatic nitrogens is 3. The molecule has 0 amide bonds. The van der Waals surface area contributed by atoms with Gasteiger partial charge in [0.05, 0.1) is 16.0 Å². The van der Waals surface area contributed by atoms with Crippen LogP contribution in [0.1, 0.15) is 10.8 Å². The number of aryl methyl sites for hydroxylation is 2. The molecule has 6 heteroatoms. The minimum Gasteiger partial charge on any atom is -0.399 e. The van der Waals surface area contributed by atoms with Crippen LogP contribution >= 0.6 is 11.3 Å². The quantitative estimate of drug-likeness (QED) is 0.711. The van der Waals surface area contributed by atoms with Crippen molar-refractivity contribution in [3.8, 4) is 0 Å². The Morgan fingerprint density at radius 2 is 2.26 bits per heavy atom. The molecule has 3 aromatic rings. The lowest BCUT2D eigenvalue weighted by atomic mass is 10.3. The normalized spacial score (nSPS) is 11.2.